The van der Waals surface area contributed by atoms with E-state index < -0.39 is 16.6 Å². The van der Waals surface area contributed by atoms with Crippen LogP contribution >= 0.6 is 0 Å². The Balaban J connectivity index is 1.48. The lowest BCUT2D eigenvalue weighted by atomic mass is 9.44. The molecular formula is C27H52O2Si2. The van der Waals surface area contributed by atoms with E-state index in [1.165, 1.54) is 57.8 Å². The average Bonchev–Trinajstić information content (AvgIpc) is 2.97. The number of rotatable bonds is 5. The van der Waals surface area contributed by atoms with Crippen molar-refractivity contribution < 1.29 is 8.85 Å². The van der Waals surface area contributed by atoms with Crippen LogP contribution in [0.25, 0.3) is 0 Å². The molecule has 180 valence electrons. The largest absolute Gasteiger partial charge is 0.415 e. The van der Waals surface area contributed by atoms with Gasteiger partial charge in [0.05, 0.1) is 0 Å². The number of hydrogen-bond acceptors (Lipinski definition) is 2. The van der Waals surface area contributed by atoms with Gasteiger partial charge in [0.15, 0.2) is 16.6 Å². The van der Waals surface area contributed by atoms with Gasteiger partial charge < -0.3 is 8.85 Å². The third-order valence-electron chi connectivity index (χ3n) is 10.3. The Hall–Kier alpha value is 0.354. The van der Waals surface area contributed by atoms with Gasteiger partial charge in [0.25, 0.3) is 0 Å². The smallest absolute Gasteiger partial charge is 0.184 e. The molecule has 4 rings (SSSR count). The maximum atomic E-state index is 6.66. The van der Waals surface area contributed by atoms with E-state index in [0.717, 1.165) is 29.6 Å². The van der Waals surface area contributed by atoms with E-state index in [4.69, 9.17) is 8.85 Å². The fourth-order valence-corrected chi connectivity index (χ4v) is 11.8. The molecule has 4 fully saturated rings. The fraction of sp³-hybridized carbons (Fsp3) is 1.00. The molecule has 0 aromatic carbocycles. The van der Waals surface area contributed by atoms with Crippen LogP contribution in [-0.4, -0.2) is 28.8 Å². The third kappa shape index (κ3) is 4.66. The van der Waals surface area contributed by atoms with Gasteiger partial charge in [-0.3, -0.25) is 0 Å². The molecule has 4 aliphatic carbocycles. The predicted molar refractivity (Wildman–Crippen MR) is 137 cm³/mol. The highest BCUT2D eigenvalue weighted by Gasteiger charge is 2.61. The van der Waals surface area contributed by atoms with Crippen LogP contribution in [-0.2, 0) is 8.85 Å². The fourth-order valence-electron chi connectivity index (χ4n) is 9.28. The van der Waals surface area contributed by atoms with Gasteiger partial charge in [0, 0.05) is 12.2 Å². The Morgan fingerprint density at radius 1 is 0.742 bits per heavy atom. The standard InChI is InChI=1S/C27H52O2Si2/c1-19(28-30(4,5)6)23-12-13-24-22-11-10-20-18-21(29-31(7,8)9)14-16-26(20,2)25(22)15-17-27(23,24)3/h19-25H,10-18H2,1-9H3/t19-,20?,21+,22?,23+,24?,25?,26-,27+/m0/s1. The lowest BCUT2D eigenvalue weighted by Crippen LogP contribution is -2.55. The van der Waals surface area contributed by atoms with Crippen molar-refractivity contribution in [2.75, 3.05) is 0 Å². The zero-order valence-electron chi connectivity index (χ0n) is 22.2. The summed E-state index contributed by atoms with van der Waals surface area (Å²) in [5.41, 5.74) is 1.09. The van der Waals surface area contributed by atoms with E-state index in [1.807, 2.05) is 0 Å². The van der Waals surface area contributed by atoms with Gasteiger partial charge in [-0.2, -0.15) is 0 Å². The summed E-state index contributed by atoms with van der Waals surface area (Å²) in [5, 5.41) is 0. The van der Waals surface area contributed by atoms with Gasteiger partial charge in [-0.1, -0.05) is 13.8 Å². The summed E-state index contributed by atoms with van der Waals surface area (Å²) >= 11 is 0. The van der Waals surface area contributed by atoms with E-state index in [0.29, 0.717) is 23.0 Å². The van der Waals surface area contributed by atoms with Crippen molar-refractivity contribution in [2.45, 2.75) is 130 Å². The van der Waals surface area contributed by atoms with Crippen LogP contribution < -0.4 is 0 Å². The summed E-state index contributed by atoms with van der Waals surface area (Å²) in [6, 6.07) is 0. The summed E-state index contributed by atoms with van der Waals surface area (Å²) in [7, 11) is -2.91. The van der Waals surface area contributed by atoms with Crippen molar-refractivity contribution in [3.8, 4) is 0 Å². The van der Waals surface area contributed by atoms with Crippen molar-refractivity contribution in [2.24, 2.45) is 40.4 Å². The molecule has 31 heavy (non-hydrogen) atoms. The first-order chi connectivity index (χ1) is 14.2. The van der Waals surface area contributed by atoms with Crippen molar-refractivity contribution in [1.29, 1.82) is 0 Å². The highest BCUT2D eigenvalue weighted by Crippen LogP contribution is 2.68. The molecule has 0 spiro atoms. The molecule has 0 amide bonds. The Kier molecular flexibility index (Phi) is 6.50. The molecule has 0 bridgehead atoms. The zero-order chi connectivity index (χ0) is 22.8. The second-order valence-electron chi connectivity index (χ2n) is 14.4. The molecule has 4 saturated carbocycles. The molecule has 9 atom stereocenters. The van der Waals surface area contributed by atoms with Gasteiger partial charge in [-0.25, -0.2) is 0 Å². The molecule has 2 nitrogen and oxygen atoms in total. The molecule has 0 aliphatic heterocycles. The van der Waals surface area contributed by atoms with E-state index in [1.54, 1.807) is 0 Å². The monoisotopic (exact) mass is 464 g/mol. The molecule has 0 aromatic rings. The molecule has 0 saturated heterocycles. The minimum atomic E-state index is -1.48. The van der Waals surface area contributed by atoms with Gasteiger partial charge in [-0.15, -0.1) is 0 Å². The van der Waals surface area contributed by atoms with E-state index in [-0.39, 0.29) is 0 Å². The molecule has 0 radical (unpaired) electrons. The van der Waals surface area contributed by atoms with Crippen LogP contribution in [0.15, 0.2) is 0 Å². The second kappa shape index (κ2) is 8.24. The highest BCUT2D eigenvalue weighted by molar-refractivity contribution is 6.70. The van der Waals surface area contributed by atoms with Crippen LogP contribution in [0.4, 0.5) is 0 Å². The first-order valence-corrected chi connectivity index (χ1v) is 20.4. The van der Waals surface area contributed by atoms with E-state index in [9.17, 15) is 0 Å². The van der Waals surface area contributed by atoms with Crippen molar-refractivity contribution >= 4 is 16.6 Å². The SMILES string of the molecule is C[C@H](O[Si](C)(C)C)[C@H]1CCC2C3CCC4C[C@H](O[Si](C)(C)C)CC[C@]4(C)C3CC[C@@]21C. The first kappa shape index (κ1) is 24.5. The van der Waals surface area contributed by atoms with Crippen LogP contribution in [0.2, 0.25) is 39.3 Å². The van der Waals surface area contributed by atoms with Gasteiger partial charge in [0.2, 0.25) is 0 Å². The summed E-state index contributed by atoms with van der Waals surface area (Å²) in [4.78, 5) is 0. The summed E-state index contributed by atoms with van der Waals surface area (Å²) in [5.74, 6) is 4.55. The maximum absolute atomic E-state index is 6.66. The quantitative estimate of drug-likeness (QED) is 0.382. The van der Waals surface area contributed by atoms with Crippen LogP contribution in [0.1, 0.15) is 78.6 Å². The average molecular weight is 465 g/mol. The Labute approximate surface area is 195 Å². The van der Waals surface area contributed by atoms with Gasteiger partial charge in [-0.05, 0) is 144 Å². The molecule has 0 aromatic heterocycles. The minimum Gasteiger partial charge on any atom is -0.415 e. The summed E-state index contributed by atoms with van der Waals surface area (Å²) in [6.07, 6.45) is 13.8. The lowest BCUT2D eigenvalue weighted by molar-refractivity contribution is -0.129. The molecule has 0 N–H and O–H groups in total. The van der Waals surface area contributed by atoms with Crippen LogP contribution in [0.5, 0.6) is 0 Å². The molecule has 4 heteroatoms. The summed E-state index contributed by atoms with van der Waals surface area (Å²) < 4.78 is 13.3. The highest BCUT2D eigenvalue weighted by atomic mass is 28.4. The Morgan fingerprint density at radius 2 is 1.39 bits per heavy atom. The zero-order valence-corrected chi connectivity index (χ0v) is 24.2. The van der Waals surface area contributed by atoms with E-state index >= 15 is 0 Å². The molecule has 0 heterocycles. The van der Waals surface area contributed by atoms with Crippen LogP contribution in [0, 0.1) is 40.4 Å². The predicted octanol–water partition coefficient (Wildman–Crippen LogP) is 8.11. The Morgan fingerprint density at radius 3 is 2.03 bits per heavy atom. The third-order valence-corrected chi connectivity index (χ3v) is 12.4. The molecule has 4 unspecified atom stereocenters. The normalized spacial score (nSPS) is 46.7. The summed E-state index contributed by atoms with van der Waals surface area (Å²) in [6.45, 7) is 21.9. The van der Waals surface area contributed by atoms with Crippen LogP contribution in [0.3, 0.4) is 0 Å². The van der Waals surface area contributed by atoms with Crippen molar-refractivity contribution in [3.05, 3.63) is 0 Å². The maximum Gasteiger partial charge on any atom is 0.184 e. The molecular weight excluding hydrogens is 412 g/mol. The van der Waals surface area contributed by atoms with E-state index in [2.05, 4.69) is 60.1 Å². The van der Waals surface area contributed by atoms with Gasteiger partial charge >= 0.3 is 0 Å². The first-order valence-electron chi connectivity index (χ1n) is 13.6. The van der Waals surface area contributed by atoms with Gasteiger partial charge in [0.1, 0.15) is 0 Å². The van der Waals surface area contributed by atoms with Crippen molar-refractivity contribution in [3.63, 3.8) is 0 Å². The molecule has 4 aliphatic rings. The second-order valence-corrected chi connectivity index (χ2v) is 23.4. The minimum absolute atomic E-state index is 0.444. The number of hydrogen-bond donors (Lipinski definition) is 0. The lowest BCUT2D eigenvalue weighted by Gasteiger charge is -2.61. The van der Waals surface area contributed by atoms with Crippen molar-refractivity contribution in [1.82, 2.24) is 0 Å². The topological polar surface area (TPSA) is 18.5 Å². The number of fused-ring (bicyclic) bond motifs is 5. The Bertz CT molecular complexity index is 653.